The molecule has 34 heavy (non-hydrogen) atoms. The van der Waals surface area contributed by atoms with Gasteiger partial charge in [-0.1, -0.05) is 42.0 Å². The van der Waals surface area contributed by atoms with Crippen LogP contribution in [-0.2, 0) is 24.4 Å². The van der Waals surface area contributed by atoms with Crippen LogP contribution in [0.3, 0.4) is 0 Å². The van der Waals surface area contributed by atoms with E-state index in [0.717, 1.165) is 22.2 Å². The molecule has 0 saturated carbocycles. The summed E-state index contributed by atoms with van der Waals surface area (Å²) < 4.78 is 3.36. The number of nitrogens with one attached hydrogen (secondary N) is 2. The zero-order chi connectivity index (χ0) is 24.1. The lowest BCUT2D eigenvalue weighted by Gasteiger charge is -2.09. The van der Waals surface area contributed by atoms with E-state index in [0.29, 0.717) is 30.9 Å². The van der Waals surface area contributed by atoms with Crippen molar-refractivity contribution in [1.29, 1.82) is 0 Å². The van der Waals surface area contributed by atoms with Gasteiger partial charge in [0.2, 0.25) is 5.91 Å². The number of benzene rings is 3. The van der Waals surface area contributed by atoms with Crippen molar-refractivity contribution in [3.8, 4) is 0 Å². The lowest BCUT2D eigenvalue weighted by Crippen LogP contribution is -2.28. The van der Waals surface area contributed by atoms with Gasteiger partial charge in [0.1, 0.15) is 0 Å². The number of aryl methyl sites for hydroxylation is 3. The second-order valence-corrected chi connectivity index (χ2v) is 8.21. The van der Waals surface area contributed by atoms with Gasteiger partial charge in [0.05, 0.1) is 11.0 Å². The minimum atomic E-state index is -0.183. The van der Waals surface area contributed by atoms with Crippen LogP contribution in [-0.4, -0.2) is 20.9 Å². The molecular weight excluding hydrogens is 428 g/mol. The van der Waals surface area contributed by atoms with E-state index in [1.807, 2.05) is 74.5 Å². The molecule has 2 N–H and O–H groups in total. The van der Waals surface area contributed by atoms with Gasteiger partial charge in [0.15, 0.2) is 0 Å². The van der Waals surface area contributed by atoms with Crippen molar-refractivity contribution in [2.45, 2.75) is 39.9 Å². The fourth-order valence-corrected chi connectivity index (χ4v) is 3.96. The second-order valence-electron chi connectivity index (χ2n) is 8.21. The zero-order valence-electron chi connectivity index (χ0n) is 19.4. The maximum Gasteiger partial charge on any atom is 0.329 e. The van der Waals surface area contributed by atoms with E-state index in [-0.39, 0.29) is 23.9 Å². The van der Waals surface area contributed by atoms with Crippen molar-refractivity contribution in [1.82, 2.24) is 14.5 Å². The number of imidazole rings is 1. The van der Waals surface area contributed by atoms with E-state index in [2.05, 4.69) is 10.6 Å². The van der Waals surface area contributed by atoms with Gasteiger partial charge < -0.3 is 10.6 Å². The van der Waals surface area contributed by atoms with Crippen molar-refractivity contribution in [3.05, 3.63) is 100.0 Å². The third kappa shape index (κ3) is 5.09. The lowest BCUT2D eigenvalue weighted by atomic mass is 10.1. The Labute approximate surface area is 198 Å². The lowest BCUT2D eigenvalue weighted by molar-refractivity contribution is -0.121. The normalized spacial score (nSPS) is 10.9. The molecule has 0 unspecified atom stereocenters. The number of hydrogen-bond acceptors (Lipinski definition) is 3. The average molecular weight is 457 g/mol. The number of nitrogens with zero attached hydrogens (tertiary/aromatic N) is 2. The molecule has 0 aliphatic heterocycles. The average Bonchev–Trinajstić information content (AvgIpc) is 3.12. The van der Waals surface area contributed by atoms with Crippen molar-refractivity contribution in [2.75, 3.05) is 5.32 Å². The van der Waals surface area contributed by atoms with Gasteiger partial charge in [-0.3, -0.25) is 18.7 Å². The summed E-state index contributed by atoms with van der Waals surface area (Å²) in [6.45, 7) is 5.13. The van der Waals surface area contributed by atoms with Crippen LogP contribution in [0, 0.1) is 6.92 Å². The molecule has 0 saturated heterocycles. The summed E-state index contributed by atoms with van der Waals surface area (Å²) >= 11 is 0. The summed E-state index contributed by atoms with van der Waals surface area (Å²) in [5.41, 5.74) is 4.82. The Bertz CT molecular complexity index is 1380. The van der Waals surface area contributed by atoms with Crippen LogP contribution >= 0.6 is 0 Å². The number of fused-ring (bicyclic) bond motifs is 1. The maximum absolute atomic E-state index is 12.7. The first-order valence-corrected chi connectivity index (χ1v) is 11.4. The molecule has 2 amide bonds. The highest BCUT2D eigenvalue weighted by Crippen LogP contribution is 2.14. The van der Waals surface area contributed by atoms with Gasteiger partial charge in [-0.2, -0.15) is 0 Å². The predicted octanol–water partition coefficient (Wildman–Crippen LogP) is 4.09. The molecule has 4 aromatic rings. The molecule has 0 fully saturated rings. The Morgan fingerprint density at radius 2 is 1.59 bits per heavy atom. The van der Waals surface area contributed by atoms with Gasteiger partial charge in [-0.05, 0) is 55.8 Å². The van der Waals surface area contributed by atoms with Crippen LogP contribution in [0.2, 0.25) is 0 Å². The molecule has 174 valence electrons. The first-order valence-electron chi connectivity index (χ1n) is 11.4. The molecule has 0 atom stereocenters. The third-order valence-corrected chi connectivity index (χ3v) is 5.79. The largest absolute Gasteiger partial charge is 0.352 e. The minimum absolute atomic E-state index is 0.103. The van der Waals surface area contributed by atoms with E-state index in [9.17, 15) is 14.4 Å². The molecule has 0 aliphatic rings. The molecule has 7 heteroatoms. The summed E-state index contributed by atoms with van der Waals surface area (Å²) in [6, 6.07) is 22.4. The first kappa shape index (κ1) is 23.0. The summed E-state index contributed by atoms with van der Waals surface area (Å²) in [5.74, 6) is -0.327. The van der Waals surface area contributed by atoms with Gasteiger partial charge in [-0.15, -0.1) is 0 Å². The minimum Gasteiger partial charge on any atom is -0.352 e. The van der Waals surface area contributed by atoms with Crippen LogP contribution in [0.5, 0.6) is 0 Å². The quantitative estimate of drug-likeness (QED) is 0.419. The monoisotopic (exact) mass is 456 g/mol. The third-order valence-electron chi connectivity index (χ3n) is 5.79. The van der Waals surface area contributed by atoms with E-state index in [1.165, 1.54) is 0 Å². The summed E-state index contributed by atoms with van der Waals surface area (Å²) in [5, 5.41) is 5.79. The van der Waals surface area contributed by atoms with Crippen molar-refractivity contribution < 1.29 is 9.59 Å². The van der Waals surface area contributed by atoms with Gasteiger partial charge in [-0.25, -0.2) is 4.79 Å². The Morgan fingerprint density at radius 3 is 2.29 bits per heavy atom. The van der Waals surface area contributed by atoms with Crippen molar-refractivity contribution in [2.24, 2.45) is 0 Å². The molecule has 3 aromatic carbocycles. The van der Waals surface area contributed by atoms with Crippen LogP contribution in [0.15, 0.2) is 77.6 Å². The van der Waals surface area contributed by atoms with Crippen LogP contribution in [0.4, 0.5) is 5.69 Å². The van der Waals surface area contributed by atoms with Crippen molar-refractivity contribution in [3.63, 3.8) is 0 Å². The fourth-order valence-electron chi connectivity index (χ4n) is 3.96. The Morgan fingerprint density at radius 1 is 0.882 bits per heavy atom. The predicted molar refractivity (Wildman–Crippen MR) is 134 cm³/mol. The molecule has 0 aliphatic carbocycles. The van der Waals surface area contributed by atoms with Crippen LogP contribution in [0.25, 0.3) is 11.0 Å². The number of carbonyl (C=O) groups is 2. The molecule has 0 radical (unpaired) electrons. The van der Waals surface area contributed by atoms with E-state index in [4.69, 9.17) is 0 Å². The number of carbonyl (C=O) groups excluding carboxylic acids is 2. The SMILES string of the molecule is CCn1c(=O)n(CCC(=O)NCc2cccc(NC(=O)c3ccc(C)cc3)c2)c2ccccc21. The van der Waals surface area contributed by atoms with Gasteiger partial charge in [0, 0.05) is 37.3 Å². The Hall–Kier alpha value is -4.13. The number of rotatable bonds is 8. The standard InChI is InChI=1S/C27H28N4O3/c1-3-30-23-9-4-5-10-24(23)31(27(30)34)16-15-25(32)28-18-20-7-6-8-22(17-20)29-26(33)21-13-11-19(2)12-14-21/h4-14,17H,3,15-16,18H2,1-2H3,(H,28,32)(H,29,33). The highest BCUT2D eigenvalue weighted by Gasteiger charge is 2.13. The van der Waals surface area contributed by atoms with Gasteiger partial charge in [0.25, 0.3) is 5.91 Å². The van der Waals surface area contributed by atoms with Gasteiger partial charge >= 0.3 is 5.69 Å². The molecule has 1 heterocycles. The Kier molecular flexibility index (Phi) is 6.92. The van der Waals surface area contributed by atoms with E-state index in [1.54, 1.807) is 21.3 Å². The molecule has 1 aromatic heterocycles. The van der Waals surface area contributed by atoms with Crippen LogP contribution in [0.1, 0.15) is 34.8 Å². The molecule has 4 rings (SSSR count). The summed E-state index contributed by atoms with van der Waals surface area (Å²) in [6.07, 6.45) is 0.196. The number of anilines is 1. The maximum atomic E-state index is 12.7. The molecule has 0 spiro atoms. The highest BCUT2D eigenvalue weighted by atomic mass is 16.2. The Balaban J connectivity index is 1.35. The van der Waals surface area contributed by atoms with Crippen molar-refractivity contribution >= 4 is 28.5 Å². The number of hydrogen-bond donors (Lipinski definition) is 2. The highest BCUT2D eigenvalue weighted by molar-refractivity contribution is 6.04. The molecular formula is C27H28N4O3. The zero-order valence-corrected chi connectivity index (χ0v) is 19.4. The number of amides is 2. The smallest absolute Gasteiger partial charge is 0.329 e. The van der Waals surface area contributed by atoms with E-state index >= 15 is 0 Å². The summed E-state index contributed by atoms with van der Waals surface area (Å²) in [4.78, 5) is 37.7. The molecule has 7 nitrogen and oxygen atoms in total. The van der Waals surface area contributed by atoms with Crippen LogP contribution < -0.4 is 16.3 Å². The molecule has 0 bridgehead atoms. The summed E-state index contributed by atoms with van der Waals surface area (Å²) in [7, 11) is 0. The topological polar surface area (TPSA) is 85.1 Å². The fraction of sp³-hybridized carbons (Fsp3) is 0.222. The number of aromatic nitrogens is 2. The second kappa shape index (κ2) is 10.2. The van der Waals surface area contributed by atoms with E-state index < -0.39 is 0 Å². The first-order chi connectivity index (χ1) is 16.5. The number of para-hydroxylation sites is 2.